The molecule has 2 aromatic rings. The molecule has 0 saturated heterocycles. The standard InChI is InChI=1S/C16H18FNO2/c1-11-5-4-6-14(17)16(11)18-10-12-7-8-13(19-2)9-15(12)20-3/h4-9,18H,10H2,1-3H3. The highest BCUT2D eigenvalue weighted by Gasteiger charge is 2.08. The summed E-state index contributed by atoms with van der Waals surface area (Å²) in [6.07, 6.45) is 0. The molecule has 0 fully saturated rings. The van der Waals surface area contributed by atoms with Crippen molar-refractivity contribution in [3.05, 3.63) is 53.3 Å². The highest BCUT2D eigenvalue weighted by molar-refractivity contribution is 5.53. The number of anilines is 1. The molecule has 2 rings (SSSR count). The first-order chi connectivity index (χ1) is 9.65. The van der Waals surface area contributed by atoms with E-state index in [1.807, 2.05) is 31.2 Å². The normalized spacial score (nSPS) is 10.2. The number of benzene rings is 2. The smallest absolute Gasteiger partial charge is 0.146 e. The number of aryl methyl sites for hydroxylation is 1. The summed E-state index contributed by atoms with van der Waals surface area (Å²) in [5, 5.41) is 3.11. The number of ether oxygens (including phenoxy) is 2. The van der Waals surface area contributed by atoms with Gasteiger partial charge in [0.05, 0.1) is 19.9 Å². The molecule has 0 aliphatic heterocycles. The van der Waals surface area contributed by atoms with Gasteiger partial charge in [-0.15, -0.1) is 0 Å². The highest BCUT2D eigenvalue weighted by Crippen LogP contribution is 2.26. The molecule has 0 spiro atoms. The quantitative estimate of drug-likeness (QED) is 0.901. The summed E-state index contributed by atoms with van der Waals surface area (Å²) in [6, 6.07) is 10.6. The second-order valence-corrected chi connectivity index (χ2v) is 4.46. The Morgan fingerprint density at radius 3 is 2.55 bits per heavy atom. The van der Waals surface area contributed by atoms with Gasteiger partial charge in [0.15, 0.2) is 0 Å². The third-order valence-corrected chi connectivity index (χ3v) is 3.17. The summed E-state index contributed by atoms with van der Waals surface area (Å²) >= 11 is 0. The number of methoxy groups -OCH3 is 2. The van der Waals surface area contributed by atoms with Gasteiger partial charge in [-0.3, -0.25) is 0 Å². The Balaban J connectivity index is 2.19. The Kier molecular flexibility index (Phi) is 4.45. The van der Waals surface area contributed by atoms with E-state index in [-0.39, 0.29) is 5.82 Å². The van der Waals surface area contributed by atoms with Crippen molar-refractivity contribution in [1.29, 1.82) is 0 Å². The van der Waals surface area contributed by atoms with Crippen LogP contribution in [0.3, 0.4) is 0 Å². The van der Waals surface area contributed by atoms with E-state index in [0.717, 1.165) is 16.9 Å². The zero-order chi connectivity index (χ0) is 14.5. The number of para-hydroxylation sites is 1. The van der Waals surface area contributed by atoms with Crippen molar-refractivity contribution in [2.75, 3.05) is 19.5 Å². The lowest BCUT2D eigenvalue weighted by atomic mass is 10.1. The predicted molar refractivity (Wildman–Crippen MR) is 78.0 cm³/mol. The maximum atomic E-state index is 13.7. The van der Waals surface area contributed by atoms with Crippen molar-refractivity contribution in [2.24, 2.45) is 0 Å². The van der Waals surface area contributed by atoms with Crippen LogP contribution in [-0.4, -0.2) is 14.2 Å². The van der Waals surface area contributed by atoms with E-state index in [1.54, 1.807) is 20.3 Å². The van der Waals surface area contributed by atoms with Gasteiger partial charge in [0, 0.05) is 18.2 Å². The fourth-order valence-electron chi connectivity index (χ4n) is 2.04. The Bertz CT molecular complexity index is 579. The maximum Gasteiger partial charge on any atom is 0.146 e. The Hall–Kier alpha value is -2.23. The van der Waals surface area contributed by atoms with Crippen LogP contribution < -0.4 is 14.8 Å². The molecular formula is C16H18FNO2. The summed E-state index contributed by atoms with van der Waals surface area (Å²) in [5.74, 6) is 1.19. The van der Waals surface area contributed by atoms with Crippen LogP contribution in [-0.2, 0) is 6.54 Å². The van der Waals surface area contributed by atoms with Crippen LogP contribution >= 0.6 is 0 Å². The molecule has 3 nitrogen and oxygen atoms in total. The van der Waals surface area contributed by atoms with Gasteiger partial charge in [-0.05, 0) is 30.7 Å². The maximum absolute atomic E-state index is 13.7. The first-order valence-electron chi connectivity index (χ1n) is 6.35. The molecule has 0 bridgehead atoms. The van der Waals surface area contributed by atoms with Gasteiger partial charge in [-0.1, -0.05) is 12.1 Å². The summed E-state index contributed by atoms with van der Waals surface area (Å²) in [4.78, 5) is 0. The molecule has 0 aliphatic carbocycles. The van der Waals surface area contributed by atoms with Gasteiger partial charge in [0.1, 0.15) is 17.3 Å². The molecule has 1 N–H and O–H groups in total. The zero-order valence-electron chi connectivity index (χ0n) is 11.9. The monoisotopic (exact) mass is 275 g/mol. The average molecular weight is 275 g/mol. The van der Waals surface area contributed by atoms with Crippen LogP contribution in [0.15, 0.2) is 36.4 Å². The highest BCUT2D eigenvalue weighted by atomic mass is 19.1. The Morgan fingerprint density at radius 2 is 1.90 bits per heavy atom. The molecule has 0 amide bonds. The van der Waals surface area contributed by atoms with Crippen molar-refractivity contribution in [3.8, 4) is 11.5 Å². The van der Waals surface area contributed by atoms with E-state index < -0.39 is 0 Å². The van der Waals surface area contributed by atoms with E-state index in [0.29, 0.717) is 18.0 Å². The van der Waals surface area contributed by atoms with Crippen LogP contribution in [0.5, 0.6) is 11.5 Å². The number of hydrogen-bond acceptors (Lipinski definition) is 3. The summed E-state index contributed by atoms with van der Waals surface area (Å²) in [6.45, 7) is 2.35. The van der Waals surface area contributed by atoms with Crippen molar-refractivity contribution in [2.45, 2.75) is 13.5 Å². The number of nitrogens with one attached hydrogen (secondary N) is 1. The zero-order valence-corrected chi connectivity index (χ0v) is 11.9. The summed E-state index contributed by atoms with van der Waals surface area (Å²) in [5.41, 5.74) is 2.33. The van der Waals surface area contributed by atoms with Crippen molar-refractivity contribution >= 4 is 5.69 Å². The molecule has 0 atom stereocenters. The Morgan fingerprint density at radius 1 is 1.10 bits per heavy atom. The minimum absolute atomic E-state index is 0.252. The second kappa shape index (κ2) is 6.28. The van der Waals surface area contributed by atoms with Crippen molar-refractivity contribution in [1.82, 2.24) is 0 Å². The van der Waals surface area contributed by atoms with Crippen molar-refractivity contribution < 1.29 is 13.9 Å². The molecule has 0 aromatic heterocycles. The fraction of sp³-hybridized carbons (Fsp3) is 0.250. The van der Waals surface area contributed by atoms with Crippen LogP contribution in [0.1, 0.15) is 11.1 Å². The third kappa shape index (κ3) is 3.02. The average Bonchev–Trinajstić information content (AvgIpc) is 2.46. The lowest BCUT2D eigenvalue weighted by molar-refractivity contribution is 0.391. The second-order valence-electron chi connectivity index (χ2n) is 4.46. The van der Waals surface area contributed by atoms with Gasteiger partial charge in [0.2, 0.25) is 0 Å². The number of rotatable bonds is 5. The van der Waals surface area contributed by atoms with Gasteiger partial charge in [-0.2, -0.15) is 0 Å². The topological polar surface area (TPSA) is 30.5 Å². The molecule has 0 saturated carbocycles. The van der Waals surface area contributed by atoms with Gasteiger partial charge in [0.25, 0.3) is 0 Å². The molecule has 0 unspecified atom stereocenters. The molecule has 106 valence electrons. The Labute approximate surface area is 118 Å². The molecule has 20 heavy (non-hydrogen) atoms. The van der Waals surface area contributed by atoms with Crippen molar-refractivity contribution in [3.63, 3.8) is 0 Å². The van der Waals surface area contributed by atoms with Gasteiger partial charge >= 0.3 is 0 Å². The molecule has 0 heterocycles. The summed E-state index contributed by atoms with van der Waals surface area (Å²) < 4.78 is 24.2. The molecule has 2 aromatic carbocycles. The molecule has 4 heteroatoms. The molecular weight excluding hydrogens is 257 g/mol. The first kappa shape index (κ1) is 14.2. The fourth-order valence-corrected chi connectivity index (χ4v) is 2.04. The van der Waals surface area contributed by atoms with E-state index in [2.05, 4.69) is 5.32 Å². The minimum atomic E-state index is -0.252. The first-order valence-corrected chi connectivity index (χ1v) is 6.35. The predicted octanol–water partition coefficient (Wildman–Crippen LogP) is 3.76. The van der Waals surface area contributed by atoms with E-state index in [1.165, 1.54) is 6.07 Å². The SMILES string of the molecule is COc1ccc(CNc2c(C)cccc2F)c(OC)c1. The van der Waals surface area contributed by atoms with Crippen LogP contribution in [0, 0.1) is 12.7 Å². The lowest BCUT2D eigenvalue weighted by Crippen LogP contribution is -2.05. The molecule has 0 aliphatic rings. The number of halogens is 1. The third-order valence-electron chi connectivity index (χ3n) is 3.17. The van der Waals surface area contributed by atoms with E-state index in [4.69, 9.17) is 9.47 Å². The minimum Gasteiger partial charge on any atom is -0.497 e. The summed E-state index contributed by atoms with van der Waals surface area (Å²) in [7, 11) is 3.21. The van der Waals surface area contributed by atoms with Crippen LogP contribution in [0.25, 0.3) is 0 Å². The van der Waals surface area contributed by atoms with E-state index in [9.17, 15) is 4.39 Å². The lowest BCUT2D eigenvalue weighted by Gasteiger charge is -2.14. The van der Waals surface area contributed by atoms with Crippen LogP contribution in [0.2, 0.25) is 0 Å². The largest absolute Gasteiger partial charge is 0.497 e. The number of hydrogen-bond donors (Lipinski definition) is 1. The van der Waals surface area contributed by atoms with Crippen LogP contribution in [0.4, 0.5) is 10.1 Å². The van der Waals surface area contributed by atoms with Gasteiger partial charge < -0.3 is 14.8 Å². The van der Waals surface area contributed by atoms with Gasteiger partial charge in [-0.25, -0.2) is 4.39 Å². The van der Waals surface area contributed by atoms with E-state index >= 15 is 0 Å². The molecule has 0 radical (unpaired) electrons.